The smallest absolute Gasteiger partial charge is 0.342 e. The van der Waals surface area contributed by atoms with Crippen LogP contribution in [0.25, 0.3) is 0 Å². The van der Waals surface area contributed by atoms with Gasteiger partial charge in [0.2, 0.25) is 0 Å². The number of para-hydroxylation sites is 1. The standard InChI is InChI=1S/C16H19N3O4/c1-10-15(11(2)19(3)18-10)17-14(20)9-23-16(21)12-7-5-6-8-13(12)22-4/h5-8H,9H2,1-4H3,(H,17,20). The lowest BCUT2D eigenvalue weighted by atomic mass is 10.2. The van der Waals surface area contributed by atoms with Crippen LogP contribution in [0.3, 0.4) is 0 Å². The maximum Gasteiger partial charge on any atom is 0.342 e. The number of esters is 1. The van der Waals surface area contributed by atoms with Crippen LogP contribution in [0.4, 0.5) is 5.69 Å². The number of carbonyl (C=O) groups is 2. The Balaban J connectivity index is 1.98. The zero-order valence-electron chi connectivity index (χ0n) is 13.5. The van der Waals surface area contributed by atoms with Crippen molar-refractivity contribution in [1.82, 2.24) is 9.78 Å². The summed E-state index contributed by atoms with van der Waals surface area (Å²) in [4.78, 5) is 24.0. The average Bonchev–Trinajstić information content (AvgIpc) is 2.78. The molecule has 1 aromatic carbocycles. The summed E-state index contributed by atoms with van der Waals surface area (Å²) in [6.45, 7) is 3.25. The third-order valence-electron chi connectivity index (χ3n) is 3.43. The van der Waals surface area contributed by atoms with E-state index in [1.807, 2.05) is 6.92 Å². The van der Waals surface area contributed by atoms with Crippen LogP contribution in [0.1, 0.15) is 21.7 Å². The average molecular weight is 317 g/mol. The highest BCUT2D eigenvalue weighted by Gasteiger charge is 2.16. The Hall–Kier alpha value is -2.83. The molecule has 0 aliphatic heterocycles. The van der Waals surface area contributed by atoms with E-state index >= 15 is 0 Å². The van der Waals surface area contributed by atoms with Gasteiger partial charge in [-0.2, -0.15) is 5.10 Å². The molecule has 0 saturated carbocycles. The number of hydrogen-bond donors (Lipinski definition) is 1. The van der Waals surface area contributed by atoms with Gasteiger partial charge in [-0.15, -0.1) is 0 Å². The summed E-state index contributed by atoms with van der Waals surface area (Å²) < 4.78 is 11.8. The molecule has 0 fully saturated rings. The minimum Gasteiger partial charge on any atom is -0.496 e. The molecular formula is C16H19N3O4. The van der Waals surface area contributed by atoms with Gasteiger partial charge in [0.1, 0.15) is 11.3 Å². The van der Waals surface area contributed by atoms with Crippen LogP contribution in [0.5, 0.6) is 5.75 Å². The molecule has 122 valence electrons. The van der Waals surface area contributed by atoms with Crippen molar-refractivity contribution in [2.45, 2.75) is 13.8 Å². The first kappa shape index (κ1) is 16.5. The summed E-state index contributed by atoms with van der Waals surface area (Å²) in [5, 5.41) is 6.91. The Morgan fingerprint density at radius 1 is 1.26 bits per heavy atom. The van der Waals surface area contributed by atoms with Gasteiger partial charge in [0.15, 0.2) is 6.61 Å². The lowest BCUT2D eigenvalue weighted by molar-refractivity contribution is -0.119. The largest absolute Gasteiger partial charge is 0.496 e. The van der Waals surface area contributed by atoms with E-state index in [9.17, 15) is 9.59 Å². The fourth-order valence-electron chi connectivity index (χ4n) is 2.15. The normalized spacial score (nSPS) is 10.3. The third kappa shape index (κ3) is 3.68. The van der Waals surface area contributed by atoms with Gasteiger partial charge in [-0.1, -0.05) is 12.1 Å². The van der Waals surface area contributed by atoms with E-state index in [0.717, 1.165) is 5.69 Å². The quantitative estimate of drug-likeness (QED) is 0.851. The number of aromatic nitrogens is 2. The van der Waals surface area contributed by atoms with Gasteiger partial charge >= 0.3 is 5.97 Å². The summed E-state index contributed by atoms with van der Waals surface area (Å²) in [6.07, 6.45) is 0. The van der Waals surface area contributed by atoms with Gasteiger partial charge in [0, 0.05) is 7.05 Å². The topological polar surface area (TPSA) is 82.4 Å². The highest BCUT2D eigenvalue weighted by Crippen LogP contribution is 2.19. The fourth-order valence-corrected chi connectivity index (χ4v) is 2.15. The number of methoxy groups -OCH3 is 1. The minimum absolute atomic E-state index is 0.275. The number of nitrogens with zero attached hydrogens (tertiary/aromatic N) is 2. The maximum atomic E-state index is 12.0. The summed E-state index contributed by atoms with van der Waals surface area (Å²) in [5.41, 5.74) is 2.43. The third-order valence-corrected chi connectivity index (χ3v) is 3.43. The molecule has 2 rings (SSSR count). The fraction of sp³-hybridized carbons (Fsp3) is 0.312. The first-order valence-electron chi connectivity index (χ1n) is 7.04. The van der Waals surface area contributed by atoms with Crippen LogP contribution in [-0.4, -0.2) is 35.4 Å². The van der Waals surface area contributed by atoms with Crippen molar-refractivity contribution in [2.75, 3.05) is 19.0 Å². The zero-order chi connectivity index (χ0) is 17.0. The van der Waals surface area contributed by atoms with Gasteiger partial charge < -0.3 is 14.8 Å². The second kappa shape index (κ2) is 6.95. The van der Waals surface area contributed by atoms with Crippen LogP contribution < -0.4 is 10.1 Å². The molecule has 0 radical (unpaired) electrons. The summed E-state index contributed by atoms with van der Waals surface area (Å²) in [6, 6.07) is 6.67. The Morgan fingerprint density at radius 2 is 1.96 bits per heavy atom. The van der Waals surface area contributed by atoms with Crippen LogP contribution in [0.15, 0.2) is 24.3 Å². The molecule has 7 nitrogen and oxygen atoms in total. The number of benzene rings is 1. The predicted octanol–water partition coefficient (Wildman–Crippen LogP) is 1.84. The van der Waals surface area contributed by atoms with E-state index in [-0.39, 0.29) is 12.2 Å². The number of hydrogen-bond acceptors (Lipinski definition) is 5. The number of amides is 1. The van der Waals surface area contributed by atoms with Gasteiger partial charge in [-0.25, -0.2) is 4.79 Å². The highest BCUT2D eigenvalue weighted by atomic mass is 16.5. The Bertz CT molecular complexity index is 737. The zero-order valence-corrected chi connectivity index (χ0v) is 13.5. The minimum atomic E-state index is -0.614. The molecule has 0 bridgehead atoms. The molecule has 0 aliphatic rings. The number of ether oxygens (including phenoxy) is 2. The van der Waals surface area contributed by atoms with Crippen molar-refractivity contribution >= 4 is 17.6 Å². The van der Waals surface area contributed by atoms with Gasteiger partial charge in [0.05, 0.1) is 24.2 Å². The summed E-state index contributed by atoms with van der Waals surface area (Å²) >= 11 is 0. The van der Waals surface area contributed by atoms with Crippen molar-refractivity contribution in [2.24, 2.45) is 7.05 Å². The van der Waals surface area contributed by atoms with E-state index in [4.69, 9.17) is 9.47 Å². The van der Waals surface area contributed by atoms with E-state index in [2.05, 4.69) is 10.4 Å². The Morgan fingerprint density at radius 3 is 2.57 bits per heavy atom. The van der Waals surface area contributed by atoms with Crippen LogP contribution in [0, 0.1) is 13.8 Å². The van der Waals surface area contributed by atoms with Crippen molar-refractivity contribution in [1.29, 1.82) is 0 Å². The number of carbonyl (C=O) groups excluding carboxylic acids is 2. The van der Waals surface area contributed by atoms with E-state index in [1.54, 1.807) is 42.9 Å². The SMILES string of the molecule is COc1ccccc1C(=O)OCC(=O)Nc1c(C)nn(C)c1C. The lowest BCUT2D eigenvalue weighted by Gasteiger charge is -2.09. The lowest BCUT2D eigenvalue weighted by Crippen LogP contribution is -2.21. The molecule has 0 saturated heterocycles. The summed E-state index contributed by atoms with van der Waals surface area (Å²) in [7, 11) is 3.26. The Kier molecular flexibility index (Phi) is 5.00. The highest BCUT2D eigenvalue weighted by molar-refractivity contribution is 5.97. The van der Waals surface area contributed by atoms with Crippen molar-refractivity contribution in [3.63, 3.8) is 0 Å². The predicted molar refractivity (Wildman–Crippen MR) is 84.6 cm³/mol. The molecule has 1 amide bonds. The number of rotatable bonds is 5. The molecule has 23 heavy (non-hydrogen) atoms. The molecule has 1 heterocycles. The molecule has 0 atom stereocenters. The second-order valence-corrected chi connectivity index (χ2v) is 4.99. The van der Waals surface area contributed by atoms with Gasteiger partial charge in [-0.3, -0.25) is 9.48 Å². The van der Waals surface area contributed by atoms with Crippen molar-refractivity contribution in [3.8, 4) is 5.75 Å². The van der Waals surface area contributed by atoms with Crippen molar-refractivity contribution in [3.05, 3.63) is 41.2 Å². The van der Waals surface area contributed by atoms with E-state index < -0.39 is 11.9 Å². The number of anilines is 1. The maximum absolute atomic E-state index is 12.0. The molecule has 7 heteroatoms. The number of aryl methyl sites for hydroxylation is 2. The van der Waals surface area contributed by atoms with Gasteiger partial charge in [-0.05, 0) is 26.0 Å². The molecule has 1 aromatic heterocycles. The second-order valence-electron chi connectivity index (χ2n) is 4.99. The molecule has 2 aromatic rings. The monoisotopic (exact) mass is 317 g/mol. The molecule has 0 spiro atoms. The van der Waals surface area contributed by atoms with Gasteiger partial charge in [0.25, 0.3) is 5.91 Å². The summed E-state index contributed by atoms with van der Waals surface area (Å²) in [5.74, 6) is -0.637. The molecule has 1 N–H and O–H groups in total. The number of nitrogens with one attached hydrogen (secondary N) is 1. The van der Waals surface area contributed by atoms with E-state index in [0.29, 0.717) is 17.1 Å². The molecule has 0 unspecified atom stereocenters. The first-order valence-corrected chi connectivity index (χ1v) is 7.04. The van der Waals surface area contributed by atoms with Crippen LogP contribution >= 0.6 is 0 Å². The Labute approximate surface area is 134 Å². The van der Waals surface area contributed by atoms with Crippen LogP contribution in [-0.2, 0) is 16.6 Å². The van der Waals surface area contributed by atoms with E-state index in [1.165, 1.54) is 7.11 Å². The molecule has 0 aliphatic carbocycles. The first-order chi connectivity index (χ1) is 10.9. The van der Waals surface area contributed by atoms with Crippen LogP contribution in [0.2, 0.25) is 0 Å². The molecular weight excluding hydrogens is 298 g/mol. The van der Waals surface area contributed by atoms with Crippen molar-refractivity contribution < 1.29 is 19.1 Å².